The summed E-state index contributed by atoms with van der Waals surface area (Å²) in [6.45, 7) is 1.19. The molecule has 0 amide bonds. The van der Waals surface area contributed by atoms with E-state index >= 15 is 0 Å². The zero-order valence-corrected chi connectivity index (χ0v) is 9.27. The molecule has 2 rings (SSSR count). The number of nitrogens with zero attached hydrogens (tertiary/aromatic N) is 1. The van der Waals surface area contributed by atoms with E-state index < -0.39 is 5.97 Å². The third kappa shape index (κ3) is 2.19. The van der Waals surface area contributed by atoms with Gasteiger partial charge in [-0.1, -0.05) is 17.7 Å². The van der Waals surface area contributed by atoms with E-state index in [1.54, 1.807) is 0 Å². The maximum Gasteiger partial charge on any atom is 0.349 e. The molecular weight excluding hydrogens is 238 g/mol. The number of carboxylic acid groups (broad SMARTS) is 1. The first-order chi connectivity index (χ1) is 7.18. The van der Waals surface area contributed by atoms with Crippen molar-refractivity contribution in [2.75, 3.05) is 13.2 Å². The van der Waals surface area contributed by atoms with E-state index in [0.29, 0.717) is 18.2 Å². The summed E-state index contributed by atoms with van der Waals surface area (Å²) < 4.78 is 5.16. The Morgan fingerprint density at radius 1 is 1.67 bits per heavy atom. The van der Waals surface area contributed by atoms with Crippen molar-refractivity contribution in [1.82, 2.24) is 4.98 Å². The van der Waals surface area contributed by atoms with Crippen molar-refractivity contribution in [3.63, 3.8) is 0 Å². The SMILES string of the molecule is O=C(O)c1sc(C2=CCOCC2)nc1Cl. The number of carboxylic acids is 1. The summed E-state index contributed by atoms with van der Waals surface area (Å²) in [5.74, 6) is -1.03. The molecule has 1 N–H and O–H groups in total. The standard InChI is InChI=1S/C9H8ClNO3S/c10-7-6(9(12)13)15-8(11-7)5-1-3-14-4-2-5/h1H,2-4H2,(H,12,13). The molecule has 1 aromatic rings. The molecule has 1 aliphatic rings. The first kappa shape index (κ1) is 10.6. The number of hydrogen-bond donors (Lipinski definition) is 1. The minimum Gasteiger partial charge on any atom is -0.477 e. The first-order valence-corrected chi connectivity index (χ1v) is 5.54. The number of ether oxygens (including phenoxy) is 1. The average Bonchev–Trinajstić information content (AvgIpc) is 2.62. The lowest BCUT2D eigenvalue weighted by molar-refractivity contribution is 0.0702. The average molecular weight is 246 g/mol. The molecule has 15 heavy (non-hydrogen) atoms. The van der Waals surface area contributed by atoms with E-state index in [1.807, 2.05) is 6.08 Å². The molecule has 1 aromatic heterocycles. The van der Waals surface area contributed by atoms with Crippen LogP contribution in [0.2, 0.25) is 5.15 Å². The lowest BCUT2D eigenvalue weighted by Gasteiger charge is -2.10. The number of hydrogen-bond acceptors (Lipinski definition) is 4. The normalized spacial score (nSPS) is 16.2. The third-order valence-corrected chi connectivity index (χ3v) is 3.52. The van der Waals surface area contributed by atoms with Crippen molar-refractivity contribution in [2.45, 2.75) is 6.42 Å². The maximum absolute atomic E-state index is 10.8. The molecule has 6 heteroatoms. The number of rotatable bonds is 2. The molecule has 0 fully saturated rings. The molecule has 80 valence electrons. The van der Waals surface area contributed by atoms with Gasteiger partial charge in [-0.05, 0) is 12.0 Å². The summed E-state index contributed by atoms with van der Waals surface area (Å²) in [7, 11) is 0. The van der Waals surface area contributed by atoms with Crippen molar-refractivity contribution in [1.29, 1.82) is 0 Å². The second-order valence-electron chi connectivity index (χ2n) is 3.00. The Bertz CT molecular complexity index is 427. The number of aromatic nitrogens is 1. The molecule has 0 aromatic carbocycles. The fraction of sp³-hybridized carbons (Fsp3) is 0.333. The molecule has 4 nitrogen and oxygen atoms in total. The predicted octanol–water partition coefficient (Wildman–Crippen LogP) is 2.30. The highest BCUT2D eigenvalue weighted by Gasteiger charge is 2.18. The fourth-order valence-corrected chi connectivity index (χ4v) is 2.49. The summed E-state index contributed by atoms with van der Waals surface area (Å²) in [5, 5.41) is 9.57. The Labute approximate surface area is 95.2 Å². The summed E-state index contributed by atoms with van der Waals surface area (Å²) >= 11 is 6.83. The van der Waals surface area contributed by atoms with Crippen molar-refractivity contribution >= 4 is 34.5 Å². The van der Waals surface area contributed by atoms with Gasteiger partial charge in [0.2, 0.25) is 0 Å². The minimum atomic E-state index is -1.03. The van der Waals surface area contributed by atoms with Crippen molar-refractivity contribution in [3.05, 3.63) is 21.1 Å². The topological polar surface area (TPSA) is 59.4 Å². The molecular formula is C9H8ClNO3S. The molecule has 0 aliphatic carbocycles. The summed E-state index contributed by atoms with van der Waals surface area (Å²) in [5.41, 5.74) is 1.01. The van der Waals surface area contributed by atoms with Crippen molar-refractivity contribution < 1.29 is 14.6 Å². The lowest BCUT2D eigenvalue weighted by Crippen LogP contribution is -2.03. The van der Waals surface area contributed by atoms with Crippen LogP contribution in [-0.2, 0) is 4.74 Å². The maximum atomic E-state index is 10.8. The van der Waals surface area contributed by atoms with Gasteiger partial charge in [0.25, 0.3) is 0 Å². The highest BCUT2D eigenvalue weighted by Crippen LogP contribution is 2.30. The summed E-state index contributed by atoms with van der Waals surface area (Å²) in [4.78, 5) is 14.9. The van der Waals surface area contributed by atoms with Gasteiger partial charge >= 0.3 is 5.97 Å². The molecule has 0 unspecified atom stereocenters. The van der Waals surface area contributed by atoms with Crippen LogP contribution < -0.4 is 0 Å². The van der Waals surface area contributed by atoms with Gasteiger partial charge in [-0.15, -0.1) is 11.3 Å². The predicted molar refractivity (Wildman–Crippen MR) is 57.5 cm³/mol. The molecule has 1 aliphatic heterocycles. The van der Waals surface area contributed by atoms with Crippen LogP contribution in [-0.4, -0.2) is 29.3 Å². The molecule has 2 heterocycles. The van der Waals surface area contributed by atoms with E-state index in [2.05, 4.69) is 4.98 Å². The van der Waals surface area contributed by atoms with Crippen LogP contribution in [0.4, 0.5) is 0 Å². The molecule has 0 atom stereocenters. The number of halogens is 1. The van der Waals surface area contributed by atoms with E-state index in [1.165, 1.54) is 0 Å². The van der Waals surface area contributed by atoms with Crippen LogP contribution in [0.5, 0.6) is 0 Å². The second-order valence-corrected chi connectivity index (χ2v) is 4.36. The van der Waals surface area contributed by atoms with Crippen LogP contribution in [0, 0.1) is 0 Å². The Balaban J connectivity index is 2.33. The molecule has 0 spiro atoms. The Morgan fingerprint density at radius 2 is 2.47 bits per heavy atom. The Hall–Kier alpha value is -0.910. The fourth-order valence-electron chi connectivity index (χ4n) is 1.29. The summed E-state index contributed by atoms with van der Waals surface area (Å²) in [6, 6.07) is 0. The van der Waals surface area contributed by atoms with E-state index in [9.17, 15) is 4.79 Å². The van der Waals surface area contributed by atoms with E-state index in [0.717, 1.165) is 23.3 Å². The van der Waals surface area contributed by atoms with Crippen molar-refractivity contribution in [2.24, 2.45) is 0 Å². The van der Waals surface area contributed by atoms with Gasteiger partial charge in [0, 0.05) is 0 Å². The number of thiazole rings is 1. The van der Waals surface area contributed by atoms with Crippen LogP contribution >= 0.6 is 22.9 Å². The van der Waals surface area contributed by atoms with Gasteiger partial charge in [-0.3, -0.25) is 0 Å². The van der Waals surface area contributed by atoms with E-state index in [-0.39, 0.29) is 10.0 Å². The Morgan fingerprint density at radius 3 is 3.00 bits per heavy atom. The summed E-state index contributed by atoms with van der Waals surface area (Å²) in [6.07, 6.45) is 2.66. The molecule has 0 radical (unpaired) electrons. The zero-order chi connectivity index (χ0) is 10.8. The van der Waals surface area contributed by atoms with Crippen LogP contribution in [0.15, 0.2) is 6.08 Å². The minimum absolute atomic E-state index is 0.0647. The molecule has 0 bridgehead atoms. The quantitative estimate of drug-likeness (QED) is 0.869. The largest absolute Gasteiger partial charge is 0.477 e. The smallest absolute Gasteiger partial charge is 0.349 e. The highest BCUT2D eigenvalue weighted by atomic mass is 35.5. The van der Waals surface area contributed by atoms with Gasteiger partial charge in [-0.2, -0.15) is 0 Å². The zero-order valence-electron chi connectivity index (χ0n) is 7.70. The van der Waals surface area contributed by atoms with E-state index in [4.69, 9.17) is 21.4 Å². The first-order valence-electron chi connectivity index (χ1n) is 4.35. The van der Waals surface area contributed by atoms with Crippen molar-refractivity contribution in [3.8, 4) is 0 Å². The van der Waals surface area contributed by atoms with Crippen LogP contribution in [0.25, 0.3) is 5.57 Å². The monoisotopic (exact) mass is 245 g/mol. The van der Waals surface area contributed by atoms with Gasteiger partial charge < -0.3 is 9.84 Å². The van der Waals surface area contributed by atoms with Crippen LogP contribution in [0.3, 0.4) is 0 Å². The van der Waals surface area contributed by atoms with Gasteiger partial charge in [0.15, 0.2) is 10.0 Å². The number of carbonyl (C=O) groups is 1. The van der Waals surface area contributed by atoms with Gasteiger partial charge in [0.05, 0.1) is 13.2 Å². The van der Waals surface area contributed by atoms with Gasteiger partial charge in [-0.25, -0.2) is 9.78 Å². The lowest BCUT2D eigenvalue weighted by atomic mass is 10.2. The third-order valence-electron chi connectivity index (χ3n) is 2.02. The molecule has 0 saturated heterocycles. The van der Waals surface area contributed by atoms with Crippen LogP contribution in [0.1, 0.15) is 21.1 Å². The number of aromatic carboxylic acids is 1. The second kappa shape index (κ2) is 4.30. The molecule has 0 saturated carbocycles. The Kier molecular flexibility index (Phi) is 3.04. The highest BCUT2D eigenvalue weighted by molar-refractivity contribution is 7.15. The van der Waals surface area contributed by atoms with Gasteiger partial charge in [0.1, 0.15) is 5.01 Å².